The minimum absolute atomic E-state index is 0.00330. The fourth-order valence-corrected chi connectivity index (χ4v) is 1.29. The maximum Gasteiger partial charge on any atom is 0.138 e. The van der Waals surface area contributed by atoms with Crippen molar-refractivity contribution < 1.29 is 9.84 Å². The van der Waals surface area contributed by atoms with Crippen molar-refractivity contribution >= 4 is 11.6 Å². The molecule has 0 bridgehead atoms. The zero-order valence-electron chi connectivity index (χ0n) is 8.46. The highest BCUT2D eigenvalue weighted by atomic mass is 35.5. The smallest absolute Gasteiger partial charge is 0.138 e. The molecule has 0 radical (unpaired) electrons. The molecule has 1 atom stereocenters. The normalized spacial score (nSPS) is 12.6. The Morgan fingerprint density at radius 2 is 2.21 bits per heavy atom. The van der Waals surface area contributed by atoms with Gasteiger partial charge in [0.1, 0.15) is 5.75 Å². The fourth-order valence-electron chi connectivity index (χ4n) is 1.04. The Morgan fingerprint density at radius 1 is 1.50 bits per heavy atom. The number of hydrogen-bond donors (Lipinski definition) is 1. The van der Waals surface area contributed by atoms with E-state index in [9.17, 15) is 0 Å². The summed E-state index contributed by atoms with van der Waals surface area (Å²) in [4.78, 5) is 0. The standard InChI is InChI=1S/C11H15ClO2/c1-3-8(2)14-11-5-4-9(7-13)6-10(11)12/h4-6,8,13H,3,7H2,1-2H3. The Morgan fingerprint density at radius 3 is 2.71 bits per heavy atom. The number of aliphatic hydroxyl groups is 1. The van der Waals surface area contributed by atoms with Crippen LogP contribution in [0.3, 0.4) is 0 Å². The number of ether oxygens (including phenoxy) is 1. The molecule has 1 rings (SSSR count). The summed E-state index contributed by atoms with van der Waals surface area (Å²) in [7, 11) is 0. The predicted octanol–water partition coefficient (Wildman–Crippen LogP) is 3.01. The Bertz CT molecular complexity index is 299. The van der Waals surface area contributed by atoms with Crippen LogP contribution in [0.2, 0.25) is 5.02 Å². The minimum atomic E-state index is 0.00330. The third-order valence-corrected chi connectivity index (χ3v) is 2.38. The lowest BCUT2D eigenvalue weighted by Crippen LogP contribution is -2.09. The van der Waals surface area contributed by atoms with Gasteiger partial charge in [-0.1, -0.05) is 24.6 Å². The van der Waals surface area contributed by atoms with E-state index in [1.807, 2.05) is 13.0 Å². The molecule has 1 unspecified atom stereocenters. The Labute approximate surface area is 89.5 Å². The van der Waals surface area contributed by atoms with Crippen LogP contribution in [0, 0.1) is 0 Å². The van der Waals surface area contributed by atoms with Gasteiger partial charge in [-0.25, -0.2) is 0 Å². The highest BCUT2D eigenvalue weighted by Gasteiger charge is 2.05. The highest BCUT2D eigenvalue weighted by Crippen LogP contribution is 2.26. The van der Waals surface area contributed by atoms with Crippen LogP contribution in [0.25, 0.3) is 0 Å². The Kier molecular flexibility index (Phi) is 4.23. The number of aliphatic hydroxyl groups excluding tert-OH is 1. The largest absolute Gasteiger partial charge is 0.489 e. The maximum absolute atomic E-state index is 8.88. The van der Waals surface area contributed by atoms with E-state index in [2.05, 4.69) is 6.92 Å². The van der Waals surface area contributed by atoms with E-state index in [1.54, 1.807) is 12.1 Å². The van der Waals surface area contributed by atoms with Gasteiger partial charge in [-0.15, -0.1) is 0 Å². The van der Waals surface area contributed by atoms with Gasteiger partial charge in [-0.2, -0.15) is 0 Å². The lowest BCUT2D eigenvalue weighted by atomic mass is 10.2. The van der Waals surface area contributed by atoms with Gasteiger partial charge >= 0.3 is 0 Å². The number of benzene rings is 1. The molecule has 0 aliphatic rings. The average Bonchev–Trinajstić information content (AvgIpc) is 2.20. The van der Waals surface area contributed by atoms with E-state index in [0.29, 0.717) is 10.8 Å². The molecule has 14 heavy (non-hydrogen) atoms. The van der Waals surface area contributed by atoms with Crippen molar-refractivity contribution in [3.05, 3.63) is 28.8 Å². The second-order valence-corrected chi connectivity index (χ2v) is 3.67. The quantitative estimate of drug-likeness (QED) is 0.835. The van der Waals surface area contributed by atoms with E-state index >= 15 is 0 Å². The van der Waals surface area contributed by atoms with Crippen molar-refractivity contribution in [1.29, 1.82) is 0 Å². The van der Waals surface area contributed by atoms with Gasteiger partial charge in [0.15, 0.2) is 0 Å². The summed E-state index contributed by atoms with van der Waals surface area (Å²) in [6.45, 7) is 4.06. The molecule has 0 saturated carbocycles. The lowest BCUT2D eigenvalue weighted by molar-refractivity contribution is 0.217. The van der Waals surface area contributed by atoms with E-state index in [1.165, 1.54) is 0 Å². The van der Waals surface area contributed by atoms with Crippen LogP contribution in [-0.4, -0.2) is 11.2 Å². The van der Waals surface area contributed by atoms with Gasteiger partial charge in [-0.05, 0) is 31.0 Å². The third kappa shape index (κ3) is 2.89. The van der Waals surface area contributed by atoms with Crippen LogP contribution in [0.15, 0.2) is 18.2 Å². The molecule has 78 valence electrons. The minimum Gasteiger partial charge on any atom is -0.489 e. The molecule has 1 aromatic rings. The second-order valence-electron chi connectivity index (χ2n) is 3.26. The average molecular weight is 215 g/mol. The van der Waals surface area contributed by atoms with E-state index < -0.39 is 0 Å². The third-order valence-electron chi connectivity index (χ3n) is 2.08. The van der Waals surface area contributed by atoms with Crippen LogP contribution in [-0.2, 0) is 6.61 Å². The van der Waals surface area contributed by atoms with E-state index in [4.69, 9.17) is 21.4 Å². The van der Waals surface area contributed by atoms with Gasteiger partial charge in [0.25, 0.3) is 0 Å². The van der Waals surface area contributed by atoms with Gasteiger partial charge < -0.3 is 9.84 Å². The molecule has 0 saturated heterocycles. The molecule has 3 heteroatoms. The molecular weight excluding hydrogens is 200 g/mol. The van der Waals surface area contributed by atoms with Crippen molar-refractivity contribution in [3.8, 4) is 5.75 Å². The summed E-state index contributed by atoms with van der Waals surface area (Å²) in [5.74, 6) is 0.679. The number of rotatable bonds is 4. The summed E-state index contributed by atoms with van der Waals surface area (Å²) in [5.41, 5.74) is 0.798. The fraction of sp³-hybridized carbons (Fsp3) is 0.455. The van der Waals surface area contributed by atoms with Crippen LogP contribution < -0.4 is 4.74 Å². The van der Waals surface area contributed by atoms with E-state index in [-0.39, 0.29) is 12.7 Å². The molecule has 1 aromatic carbocycles. The van der Waals surface area contributed by atoms with Crippen LogP contribution in [0.1, 0.15) is 25.8 Å². The zero-order chi connectivity index (χ0) is 10.6. The van der Waals surface area contributed by atoms with E-state index in [0.717, 1.165) is 12.0 Å². The van der Waals surface area contributed by atoms with Crippen LogP contribution in [0.5, 0.6) is 5.75 Å². The zero-order valence-corrected chi connectivity index (χ0v) is 9.21. The van der Waals surface area contributed by atoms with Crippen molar-refractivity contribution in [1.82, 2.24) is 0 Å². The number of halogens is 1. The summed E-state index contributed by atoms with van der Waals surface area (Å²) in [6.07, 6.45) is 1.10. The molecule has 0 heterocycles. The highest BCUT2D eigenvalue weighted by molar-refractivity contribution is 6.32. The molecule has 0 amide bonds. The van der Waals surface area contributed by atoms with Gasteiger partial charge in [0.05, 0.1) is 17.7 Å². The molecular formula is C11H15ClO2. The predicted molar refractivity (Wildman–Crippen MR) is 57.8 cm³/mol. The molecule has 0 spiro atoms. The van der Waals surface area contributed by atoms with Crippen LogP contribution in [0.4, 0.5) is 0 Å². The molecule has 0 aromatic heterocycles. The summed E-state index contributed by atoms with van der Waals surface area (Å²) in [6, 6.07) is 5.32. The van der Waals surface area contributed by atoms with Crippen molar-refractivity contribution in [2.24, 2.45) is 0 Å². The van der Waals surface area contributed by atoms with Gasteiger partial charge in [0.2, 0.25) is 0 Å². The first-order valence-corrected chi connectivity index (χ1v) is 5.11. The SMILES string of the molecule is CCC(C)Oc1ccc(CO)cc1Cl. The summed E-state index contributed by atoms with van der Waals surface area (Å²) < 4.78 is 5.58. The molecule has 2 nitrogen and oxygen atoms in total. The van der Waals surface area contributed by atoms with Gasteiger partial charge in [0, 0.05) is 0 Å². The second kappa shape index (κ2) is 5.23. The Balaban J connectivity index is 2.78. The summed E-state index contributed by atoms with van der Waals surface area (Å²) in [5, 5.41) is 9.43. The lowest BCUT2D eigenvalue weighted by Gasteiger charge is -2.14. The van der Waals surface area contributed by atoms with Crippen LogP contribution >= 0.6 is 11.6 Å². The van der Waals surface area contributed by atoms with Gasteiger partial charge in [-0.3, -0.25) is 0 Å². The Hall–Kier alpha value is -0.730. The topological polar surface area (TPSA) is 29.5 Å². The van der Waals surface area contributed by atoms with Crippen molar-refractivity contribution in [3.63, 3.8) is 0 Å². The monoisotopic (exact) mass is 214 g/mol. The molecule has 1 N–H and O–H groups in total. The molecule has 0 aliphatic carbocycles. The first kappa shape index (κ1) is 11.3. The van der Waals surface area contributed by atoms with Crippen molar-refractivity contribution in [2.45, 2.75) is 33.0 Å². The summed E-state index contributed by atoms with van der Waals surface area (Å²) >= 11 is 5.97. The molecule has 0 fully saturated rings. The number of hydrogen-bond acceptors (Lipinski definition) is 2. The van der Waals surface area contributed by atoms with Crippen molar-refractivity contribution in [2.75, 3.05) is 0 Å². The first-order chi connectivity index (χ1) is 6.67. The molecule has 0 aliphatic heterocycles. The first-order valence-electron chi connectivity index (χ1n) is 4.73. The maximum atomic E-state index is 8.88.